The molecule has 3 aromatic rings. The van der Waals surface area contributed by atoms with Gasteiger partial charge in [0.15, 0.2) is 12.2 Å². The molecule has 206 valence electrons. The quantitative estimate of drug-likeness (QED) is 0.292. The lowest BCUT2D eigenvalue weighted by Crippen LogP contribution is -2.52. The molecule has 2 amide bonds. The van der Waals surface area contributed by atoms with Gasteiger partial charge in [-0.15, -0.1) is 11.3 Å². The Labute approximate surface area is 239 Å². The lowest BCUT2D eigenvalue weighted by molar-refractivity contribution is -0.144. The van der Waals surface area contributed by atoms with Gasteiger partial charge in [0.1, 0.15) is 25.2 Å². The normalized spacial score (nSPS) is 17.4. The van der Waals surface area contributed by atoms with Crippen LogP contribution >= 0.6 is 34.5 Å². The molecule has 3 N–H and O–H groups in total. The third-order valence-corrected chi connectivity index (χ3v) is 7.60. The minimum absolute atomic E-state index is 0.00293. The number of halogens is 2. The zero-order valence-electron chi connectivity index (χ0n) is 20.6. The second-order valence-corrected chi connectivity index (χ2v) is 10.5. The van der Waals surface area contributed by atoms with Crippen LogP contribution in [-0.4, -0.2) is 54.5 Å². The van der Waals surface area contributed by atoms with Crippen LogP contribution in [0.3, 0.4) is 0 Å². The lowest BCUT2D eigenvalue weighted by atomic mass is 10.0. The smallest absolute Gasteiger partial charge is 0.326 e. The average Bonchev–Trinajstić information content (AvgIpc) is 3.61. The number of carbonyl (C=O) groups excluding carboxylic acids is 2. The van der Waals surface area contributed by atoms with E-state index < -0.39 is 36.0 Å². The van der Waals surface area contributed by atoms with E-state index in [9.17, 15) is 19.5 Å². The Bertz CT molecular complexity index is 1270. The minimum Gasteiger partial charge on any atom is -0.489 e. The Balaban J connectivity index is 1.30. The minimum atomic E-state index is -1.26. The highest BCUT2D eigenvalue weighted by atomic mass is 35.5. The Kier molecular flexibility index (Phi) is 10.2. The molecule has 3 atom stereocenters. The van der Waals surface area contributed by atoms with Gasteiger partial charge in [0.2, 0.25) is 0 Å². The molecule has 39 heavy (non-hydrogen) atoms. The highest BCUT2D eigenvalue weighted by Gasteiger charge is 2.41. The molecule has 1 aliphatic rings. The summed E-state index contributed by atoms with van der Waals surface area (Å²) in [4.78, 5) is 38.4. The summed E-state index contributed by atoms with van der Waals surface area (Å²) in [6.45, 7) is 0.286. The molecular formula is C27H26Cl2N2O7S. The molecule has 4 rings (SSSR count). The summed E-state index contributed by atoms with van der Waals surface area (Å²) >= 11 is 13.9. The van der Waals surface area contributed by atoms with Crippen molar-refractivity contribution in [3.63, 3.8) is 0 Å². The van der Waals surface area contributed by atoms with E-state index in [1.807, 2.05) is 17.5 Å². The first kappa shape index (κ1) is 28.8. The Morgan fingerprint density at radius 2 is 1.69 bits per heavy atom. The van der Waals surface area contributed by atoms with E-state index in [2.05, 4.69) is 10.6 Å². The van der Waals surface area contributed by atoms with E-state index in [4.69, 9.17) is 37.4 Å². The first-order valence-corrected chi connectivity index (χ1v) is 13.7. The summed E-state index contributed by atoms with van der Waals surface area (Å²) in [7, 11) is 0. The SMILES string of the molecule is O=C(O)C(Cc1ccc(OCc2c(Cl)cccc2Cl)cc1)NC(=O)C1OCOC1C(=O)NCCc1cccs1. The van der Waals surface area contributed by atoms with Gasteiger partial charge in [-0.05, 0) is 47.7 Å². The first-order valence-electron chi connectivity index (χ1n) is 12.0. The van der Waals surface area contributed by atoms with Gasteiger partial charge in [-0.1, -0.05) is 47.5 Å². The zero-order valence-corrected chi connectivity index (χ0v) is 22.9. The van der Waals surface area contributed by atoms with Crippen LogP contribution in [-0.2, 0) is 43.3 Å². The largest absolute Gasteiger partial charge is 0.489 e. The number of nitrogens with one attached hydrogen (secondary N) is 2. The molecule has 0 bridgehead atoms. The van der Waals surface area contributed by atoms with Gasteiger partial charge >= 0.3 is 5.97 Å². The summed E-state index contributed by atoms with van der Waals surface area (Å²) in [5.74, 6) is -1.93. The zero-order chi connectivity index (χ0) is 27.8. The predicted molar refractivity (Wildman–Crippen MR) is 146 cm³/mol. The van der Waals surface area contributed by atoms with Crippen molar-refractivity contribution in [1.29, 1.82) is 0 Å². The molecule has 9 nitrogen and oxygen atoms in total. The summed E-state index contributed by atoms with van der Waals surface area (Å²) in [5.41, 5.74) is 1.31. The maximum Gasteiger partial charge on any atom is 0.326 e. The molecule has 1 saturated heterocycles. The molecule has 1 aromatic heterocycles. The van der Waals surface area contributed by atoms with E-state index in [1.54, 1.807) is 53.8 Å². The first-order chi connectivity index (χ1) is 18.8. The number of aliphatic carboxylic acids is 1. The fourth-order valence-electron chi connectivity index (χ4n) is 3.89. The molecule has 2 heterocycles. The van der Waals surface area contributed by atoms with Gasteiger partial charge in [0.25, 0.3) is 11.8 Å². The van der Waals surface area contributed by atoms with Crippen molar-refractivity contribution in [3.8, 4) is 5.75 Å². The lowest BCUT2D eigenvalue weighted by Gasteiger charge is -2.20. The highest BCUT2D eigenvalue weighted by molar-refractivity contribution is 7.09. The number of hydrogen-bond acceptors (Lipinski definition) is 7. The second-order valence-electron chi connectivity index (χ2n) is 8.65. The van der Waals surface area contributed by atoms with Crippen LogP contribution in [0, 0.1) is 0 Å². The predicted octanol–water partition coefficient (Wildman–Crippen LogP) is 3.85. The molecule has 12 heteroatoms. The van der Waals surface area contributed by atoms with Crippen LogP contribution in [0.15, 0.2) is 60.0 Å². The maximum absolute atomic E-state index is 12.9. The molecular weight excluding hydrogens is 567 g/mol. The van der Waals surface area contributed by atoms with E-state index in [0.29, 0.717) is 39.9 Å². The van der Waals surface area contributed by atoms with Crippen molar-refractivity contribution in [2.24, 2.45) is 0 Å². The topological polar surface area (TPSA) is 123 Å². The third kappa shape index (κ3) is 7.93. The van der Waals surface area contributed by atoms with Gasteiger partial charge in [0, 0.05) is 33.5 Å². The van der Waals surface area contributed by atoms with Gasteiger partial charge < -0.3 is 30.0 Å². The molecule has 0 saturated carbocycles. The molecule has 1 fully saturated rings. The summed E-state index contributed by atoms with van der Waals surface area (Å²) < 4.78 is 16.4. The molecule has 2 aromatic carbocycles. The number of hydrogen-bond donors (Lipinski definition) is 3. The molecule has 1 aliphatic heterocycles. The van der Waals surface area contributed by atoms with Gasteiger partial charge in [0.05, 0.1) is 0 Å². The number of carboxylic acid groups (broad SMARTS) is 1. The molecule has 0 aliphatic carbocycles. The Hall–Kier alpha value is -3.15. The standard InChI is InChI=1S/C27H26Cl2N2O7S/c28-20-4-1-5-21(29)19(20)14-36-17-8-6-16(7-9-17)13-22(27(34)35)31-26(33)24-23(37-15-38-24)25(32)30-11-10-18-3-2-12-39-18/h1-9,12,22-24H,10-11,13-15H2,(H,30,32)(H,31,33)(H,34,35). The van der Waals surface area contributed by atoms with Crippen molar-refractivity contribution in [1.82, 2.24) is 10.6 Å². The number of rotatable bonds is 12. The number of carbonyl (C=O) groups is 3. The van der Waals surface area contributed by atoms with Crippen LogP contribution in [0.1, 0.15) is 16.0 Å². The Morgan fingerprint density at radius 1 is 1.00 bits per heavy atom. The number of thiophene rings is 1. The fourth-order valence-corrected chi connectivity index (χ4v) is 5.10. The van der Waals surface area contributed by atoms with Crippen LogP contribution in [0.4, 0.5) is 0 Å². The average molecular weight is 593 g/mol. The summed E-state index contributed by atoms with van der Waals surface area (Å²) in [6.07, 6.45) is -1.79. The molecule has 0 spiro atoms. The van der Waals surface area contributed by atoms with Crippen molar-refractivity contribution < 1.29 is 33.7 Å². The van der Waals surface area contributed by atoms with Crippen LogP contribution < -0.4 is 15.4 Å². The van der Waals surface area contributed by atoms with Crippen molar-refractivity contribution in [2.45, 2.75) is 37.7 Å². The third-order valence-electron chi connectivity index (χ3n) is 5.96. The number of ether oxygens (including phenoxy) is 3. The van der Waals surface area contributed by atoms with Crippen LogP contribution in [0.2, 0.25) is 10.0 Å². The molecule has 0 radical (unpaired) electrons. The van der Waals surface area contributed by atoms with E-state index in [0.717, 1.165) is 4.88 Å². The fraction of sp³-hybridized carbons (Fsp3) is 0.296. The number of carboxylic acids is 1. The van der Waals surface area contributed by atoms with Gasteiger partial charge in [-0.3, -0.25) is 9.59 Å². The number of benzene rings is 2. The van der Waals surface area contributed by atoms with E-state index >= 15 is 0 Å². The second kappa shape index (κ2) is 13.8. The van der Waals surface area contributed by atoms with Gasteiger partial charge in [-0.25, -0.2) is 4.79 Å². The summed E-state index contributed by atoms with van der Waals surface area (Å²) in [6, 6.07) is 14.6. The van der Waals surface area contributed by atoms with Crippen LogP contribution in [0.25, 0.3) is 0 Å². The highest BCUT2D eigenvalue weighted by Crippen LogP contribution is 2.26. The maximum atomic E-state index is 12.9. The van der Waals surface area contributed by atoms with Crippen molar-refractivity contribution >= 4 is 52.3 Å². The monoisotopic (exact) mass is 592 g/mol. The van der Waals surface area contributed by atoms with Crippen LogP contribution in [0.5, 0.6) is 5.75 Å². The summed E-state index contributed by atoms with van der Waals surface area (Å²) in [5, 5.41) is 17.8. The van der Waals surface area contributed by atoms with Gasteiger partial charge in [-0.2, -0.15) is 0 Å². The van der Waals surface area contributed by atoms with Crippen molar-refractivity contribution in [3.05, 3.63) is 86.0 Å². The van der Waals surface area contributed by atoms with E-state index in [1.165, 1.54) is 0 Å². The Morgan fingerprint density at radius 3 is 2.33 bits per heavy atom. The van der Waals surface area contributed by atoms with Crippen molar-refractivity contribution in [2.75, 3.05) is 13.3 Å². The number of amides is 2. The molecule has 3 unspecified atom stereocenters. The van der Waals surface area contributed by atoms with E-state index in [-0.39, 0.29) is 19.8 Å².